The fourth-order valence-electron chi connectivity index (χ4n) is 11.3. The Kier molecular flexibility index (Phi) is 14.2. The molecular formula is C75H78N3+3. The molecule has 10 rings (SSSR count). The van der Waals surface area contributed by atoms with Crippen LogP contribution in [-0.2, 0) is 37.4 Å². The van der Waals surface area contributed by atoms with Crippen LogP contribution < -0.4 is 13.7 Å². The van der Waals surface area contributed by atoms with Crippen molar-refractivity contribution in [3.05, 3.63) is 234 Å². The molecule has 0 bridgehead atoms. The third kappa shape index (κ3) is 10.7. The summed E-state index contributed by atoms with van der Waals surface area (Å²) >= 11 is 0. The summed E-state index contributed by atoms with van der Waals surface area (Å²) in [5.74, 6) is 0. The highest BCUT2D eigenvalue weighted by atomic mass is 14.9. The third-order valence-corrected chi connectivity index (χ3v) is 16.1. The van der Waals surface area contributed by atoms with Crippen molar-refractivity contribution in [3.8, 4) is 101 Å². The first-order chi connectivity index (χ1) is 37.0. The quantitative estimate of drug-likeness (QED) is 0.128. The molecule has 0 fully saturated rings. The molecule has 0 saturated carbocycles. The molecule has 390 valence electrons. The molecule has 0 atom stereocenters. The van der Waals surface area contributed by atoms with E-state index in [2.05, 4.69) is 319 Å². The first-order valence-electron chi connectivity index (χ1n) is 27.8. The second kappa shape index (κ2) is 20.7. The van der Waals surface area contributed by atoms with Gasteiger partial charge in [0, 0.05) is 53.1 Å². The SMILES string of the molecule is Cc1cc(-c2ccccc2-c2cc(-c3ccccc3-c3ccc(-c4cc(C(C)(C)C)cc[n+]4C)c(C)c3)cc(-c3ccccc3-c3ccc(-c4cc(C(C)(C)C)cc[n+]4C)c(C)c3)c2)ccc1-c1cc(C(C)(C)C)cc[n+]1C. The molecule has 0 aliphatic carbocycles. The molecule has 0 radical (unpaired) electrons. The normalized spacial score (nSPS) is 12.0. The average Bonchev–Trinajstić information content (AvgIpc) is 3.48. The Labute approximate surface area is 466 Å². The fraction of sp³-hybridized carbons (Fsp3) is 0.240. The standard InChI is InChI=1S/C75H78N3/c1-49-40-52(28-31-61(49)70-46-58(73(4,5)6)34-37-76(70)13)64-22-16-19-25-67(64)55-43-56(68-26-20-17-23-65(68)53-29-32-62(50(2)41-53)71-47-59(74(7,8)9)35-38-77(71)14)45-57(44-55)69-27-21-18-24-66(69)54-30-33-63(51(3)42-54)72-48-60(75(10,11)12)36-39-78(72)15/h16-48H,1-15H3/q+3. The van der Waals surface area contributed by atoms with Crippen LogP contribution in [0, 0.1) is 20.8 Å². The summed E-state index contributed by atoms with van der Waals surface area (Å²) in [4.78, 5) is 0. The zero-order valence-corrected chi connectivity index (χ0v) is 48.9. The molecule has 0 amide bonds. The van der Waals surface area contributed by atoms with Gasteiger partial charge in [-0.25, -0.2) is 13.7 Å². The van der Waals surface area contributed by atoms with E-state index in [-0.39, 0.29) is 16.2 Å². The number of nitrogens with zero attached hydrogens (tertiary/aromatic N) is 3. The highest BCUT2D eigenvalue weighted by Gasteiger charge is 2.25. The molecule has 3 heteroatoms. The van der Waals surface area contributed by atoms with Crippen molar-refractivity contribution >= 4 is 0 Å². The minimum Gasteiger partial charge on any atom is -0.201 e. The second-order valence-corrected chi connectivity index (χ2v) is 25.0. The highest BCUT2D eigenvalue weighted by molar-refractivity contribution is 5.95. The molecule has 0 N–H and O–H groups in total. The Balaban J connectivity index is 1.13. The summed E-state index contributed by atoms with van der Waals surface area (Å²) < 4.78 is 6.74. The Hall–Kier alpha value is -8.01. The lowest BCUT2D eigenvalue weighted by Crippen LogP contribution is -2.31. The van der Waals surface area contributed by atoms with E-state index in [1.807, 2.05) is 0 Å². The number of aryl methyl sites for hydroxylation is 6. The van der Waals surface area contributed by atoms with Gasteiger partial charge in [0.25, 0.3) is 0 Å². The molecule has 7 aromatic carbocycles. The van der Waals surface area contributed by atoms with Crippen molar-refractivity contribution in [2.24, 2.45) is 21.1 Å². The van der Waals surface area contributed by atoms with Gasteiger partial charge in [0.05, 0.1) is 0 Å². The van der Waals surface area contributed by atoms with E-state index in [0.29, 0.717) is 0 Å². The van der Waals surface area contributed by atoms with Crippen LogP contribution in [0.3, 0.4) is 0 Å². The van der Waals surface area contributed by atoms with Crippen LogP contribution in [-0.4, -0.2) is 0 Å². The first kappa shape index (κ1) is 53.4. The summed E-state index contributed by atoms with van der Waals surface area (Å²) in [5.41, 5.74) is 29.5. The number of hydrogen-bond donors (Lipinski definition) is 0. The minimum atomic E-state index is 0.0481. The highest BCUT2D eigenvalue weighted by Crippen LogP contribution is 2.44. The monoisotopic (exact) mass is 1020 g/mol. The molecule has 0 aliphatic heterocycles. The average molecular weight is 1020 g/mol. The van der Waals surface area contributed by atoms with Gasteiger partial charge in [0.2, 0.25) is 17.1 Å². The van der Waals surface area contributed by atoms with E-state index in [9.17, 15) is 0 Å². The van der Waals surface area contributed by atoms with Crippen LogP contribution in [0.4, 0.5) is 0 Å². The Bertz CT molecular complexity index is 3500. The van der Waals surface area contributed by atoms with Gasteiger partial charge >= 0.3 is 0 Å². The van der Waals surface area contributed by atoms with Gasteiger partial charge in [-0.2, -0.15) is 0 Å². The molecule has 78 heavy (non-hydrogen) atoms. The first-order valence-corrected chi connectivity index (χ1v) is 27.8. The fourth-order valence-corrected chi connectivity index (χ4v) is 11.3. The van der Waals surface area contributed by atoms with Crippen molar-refractivity contribution in [1.29, 1.82) is 0 Å². The zero-order chi connectivity index (χ0) is 55.4. The van der Waals surface area contributed by atoms with E-state index in [1.54, 1.807) is 0 Å². The van der Waals surface area contributed by atoms with Crippen molar-refractivity contribution in [3.63, 3.8) is 0 Å². The maximum atomic E-state index is 2.42. The summed E-state index contributed by atoms with van der Waals surface area (Å²) in [6.07, 6.45) is 6.60. The van der Waals surface area contributed by atoms with Gasteiger partial charge in [0.1, 0.15) is 21.1 Å². The van der Waals surface area contributed by atoms with Crippen molar-refractivity contribution in [2.45, 2.75) is 99.3 Å². The van der Waals surface area contributed by atoms with Crippen LogP contribution in [0.25, 0.3) is 101 Å². The summed E-state index contributed by atoms with van der Waals surface area (Å²) in [6, 6.07) is 69.1. The van der Waals surface area contributed by atoms with E-state index in [1.165, 1.54) is 134 Å². The minimum absolute atomic E-state index is 0.0481. The maximum Gasteiger partial charge on any atom is 0.212 e. The molecular weight excluding hydrogens is 943 g/mol. The smallest absolute Gasteiger partial charge is 0.201 e. The summed E-state index contributed by atoms with van der Waals surface area (Å²) in [7, 11) is 6.45. The topological polar surface area (TPSA) is 11.6 Å². The van der Waals surface area contributed by atoms with Crippen LogP contribution in [0.1, 0.15) is 95.7 Å². The second-order valence-electron chi connectivity index (χ2n) is 25.0. The van der Waals surface area contributed by atoms with Gasteiger partial charge in [-0.05, 0) is 174 Å². The van der Waals surface area contributed by atoms with Gasteiger partial charge in [-0.15, -0.1) is 0 Å². The largest absolute Gasteiger partial charge is 0.212 e. The molecule has 3 heterocycles. The lowest BCUT2D eigenvalue weighted by atomic mass is 9.84. The third-order valence-electron chi connectivity index (χ3n) is 16.1. The molecule has 10 aromatic rings. The molecule has 0 saturated heterocycles. The number of hydrogen-bond acceptors (Lipinski definition) is 0. The Morgan fingerprint density at radius 3 is 0.692 bits per heavy atom. The summed E-state index contributed by atoms with van der Waals surface area (Å²) in [5, 5.41) is 0. The number of aromatic nitrogens is 3. The number of benzene rings is 7. The van der Waals surface area contributed by atoms with Crippen molar-refractivity contribution in [1.82, 2.24) is 0 Å². The Morgan fingerprint density at radius 1 is 0.244 bits per heavy atom. The molecule has 0 spiro atoms. The molecule has 3 aromatic heterocycles. The Morgan fingerprint density at radius 2 is 0.474 bits per heavy atom. The van der Waals surface area contributed by atoms with Gasteiger partial charge in [0.15, 0.2) is 18.6 Å². The summed E-state index contributed by atoms with van der Waals surface area (Å²) in [6.45, 7) is 27.3. The number of pyridine rings is 3. The van der Waals surface area contributed by atoms with E-state index in [4.69, 9.17) is 0 Å². The zero-order valence-electron chi connectivity index (χ0n) is 48.9. The van der Waals surface area contributed by atoms with Gasteiger partial charge < -0.3 is 0 Å². The molecule has 0 aliphatic rings. The maximum absolute atomic E-state index is 2.42. The van der Waals surface area contributed by atoms with Crippen LogP contribution in [0.5, 0.6) is 0 Å². The van der Waals surface area contributed by atoms with Crippen LogP contribution >= 0.6 is 0 Å². The van der Waals surface area contributed by atoms with Crippen molar-refractivity contribution in [2.75, 3.05) is 0 Å². The lowest BCUT2D eigenvalue weighted by Gasteiger charge is -2.20. The van der Waals surface area contributed by atoms with Crippen LogP contribution in [0.2, 0.25) is 0 Å². The van der Waals surface area contributed by atoms with E-state index < -0.39 is 0 Å². The predicted octanol–water partition coefficient (Wildman–Crippen LogP) is 18.0. The van der Waals surface area contributed by atoms with E-state index in [0.717, 1.165) is 0 Å². The van der Waals surface area contributed by atoms with Crippen LogP contribution in [0.15, 0.2) is 201 Å². The van der Waals surface area contributed by atoms with E-state index >= 15 is 0 Å². The predicted molar refractivity (Wildman–Crippen MR) is 329 cm³/mol. The molecule has 3 nitrogen and oxygen atoms in total. The number of rotatable bonds is 9. The lowest BCUT2D eigenvalue weighted by molar-refractivity contribution is -0.660. The van der Waals surface area contributed by atoms with Gasteiger partial charge in [-0.1, -0.05) is 172 Å². The molecule has 0 unspecified atom stereocenters. The van der Waals surface area contributed by atoms with Crippen molar-refractivity contribution < 1.29 is 13.7 Å². The van der Waals surface area contributed by atoms with Gasteiger partial charge in [-0.3, -0.25) is 0 Å².